The Morgan fingerprint density at radius 3 is 2.68 bits per heavy atom. The van der Waals surface area contributed by atoms with E-state index in [1.807, 2.05) is 36.7 Å². The van der Waals surface area contributed by atoms with Gasteiger partial charge in [-0.1, -0.05) is 30.0 Å². The van der Waals surface area contributed by atoms with E-state index in [2.05, 4.69) is 28.2 Å². The molecule has 3 N–H and O–H groups in total. The number of fused-ring (bicyclic) bond motifs is 1. The minimum atomic E-state index is 0.246. The highest BCUT2D eigenvalue weighted by Crippen LogP contribution is 2.35. The number of pyridine rings is 1. The molecule has 0 aliphatic heterocycles. The van der Waals surface area contributed by atoms with Crippen LogP contribution in [0.15, 0.2) is 59.9 Å². The molecule has 1 unspecified atom stereocenters. The van der Waals surface area contributed by atoms with Crippen LogP contribution in [0.5, 0.6) is 0 Å². The summed E-state index contributed by atoms with van der Waals surface area (Å²) in [5.41, 5.74) is 8.26. The first-order valence-electron chi connectivity index (χ1n) is 6.21. The molecular formula is C15H15N3S. The van der Waals surface area contributed by atoms with E-state index in [-0.39, 0.29) is 5.25 Å². The largest absolute Gasteiger partial charge is 0.350 e. The molecular weight excluding hydrogens is 254 g/mol. The van der Waals surface area contributed by atoms with Crippen molar-refractivity contribution in [3.05, 3.63) is 60.4 Å². The van der Waals surface area contributed by atoms with Gasteiger partial charge >= 0.3 is 0 Å². The van der Waals surface area contributed by atoms with E-state index in [1.165, 1.54) is 10.9 Å². The summed E-state index contributed by atoms with van der Waals surface area (Å²) in [7, 11) is 0. The zero-order chi connectivity index (χ0) is 13.1. The summed E-state index contributed by atoms with van der Waals surface area (Å²) in [4.78, 5) is 7.47. The number of nitrogens with zero attached hydrogens (tertiary/aromatic N) is 1. The maximum atomic E-state index is 5.89. The van der Waals surface area contributed by atoms with Gasteiger partial charge in [0.15, 0.2) is 0 Å². The Morgan fingerprint density at radius 1 is 1.16 bits per heavy atom. The van der Waals surface area contributed by atoms with E-state index in [0.29, 0.717) is 6.54 Å². The summed E-state index contributed by atoms with van der Waals surface area (Å²) in [6.07, 6.45) is 3.62. The number of hydrogen-bond acceptors (Lipinski definition) is 3. The van der Waals surface area contributed by atoms with Crippen LogP contribution in [-0.4, -0.2) is 16.5 Å². The van der Waals surface area contributed by atoms with E-state index in [9.17, 15) is 0 Å². The number of nitrogens with two attached hydrogens (primary N) is 1. The fraction of sp³-hybridized carbons (Fsp3) is 0.133. The van der Waals surface area contributed by atoms with Crippen LogP contribution in [-0.2, 0) is 0 Å². The van der Waals surface area contributed by atoms with Gasteiger partial charge in [-0.2, -0.15) is 0 Å². The van der Waals surface area contributed by atoms with Crippen molar-refractivity contribution in [3.63, 3.8) is 0 Å². The van der Waals surface area contributed by atoms with E-state index in [1.54, 1.807) is 11.8 Å². The quantitative estimate of drug-likeness (QED) is 0.714. The lowest BCUT2D eigenvalue weighted by atomic mass is 10.2. The van der Waals surface area contributed by atoms with Gasteiger partial charge in [0.05, 0.1) is 5.03 Å². The Labute approximate surface area is 116 Å². The molecule has 3 nitrogen and oxygen atoms in total. The number of para-hydroxylation sites is 1. The molecule has 4 heteroatoms. The SMILES string of the molecule is NCC(Sc1cc2ccccc2[nH]1)c1ccncc1. The molecule has 0 radical (unpaired) electrons. The zero-order valence-corrected chi connectivity index (χ0v) is 11.2. The van der Waals surface area contributed by atoms with Gasteiger partial charge in [0, 0.05) is 35.1 Å². The van der Waals surface area contributed by atoms with E-state index >= 15 is 0 Å². The highest BCUT2D eigenvalue weighted by Gasteiger charge is 2.12. The van der Waals surface area contributed by atoms with Crippen LogP contribution in [0.25, 0.3) is 10.9 Å². The summed E-state index contributed by atoms with van der Waals surface area (Å²) in [5.74, 6) is 0. The topological polar surface area (TPSA) is 54.7 Å². The molecule has 0 amide bonds. The van der Waals surface area contributed by atoms with Gasteiger partial charge in [0.25, 0.3) is 0 Å². The second-order valence-corrected chi connectivity index (χ2v) is 5.59. The molecule has 1 atom stereocenters. The summed E-state index contributed by atoms with van der Waals surface area (Å²) in [5, 5.41) is 2.63. The minimum absolute atomic E-state index is 0.246. The second kappa shape index (κ2) is 5.47. The number of nitrogens with one attached hydrogen (secondary N) is 1. The van der Waals surface area contributed by atoms with Gasteiger partial charge in [-0.3, -0.25) is 4.98 Å². The highest BCUT2D eigenvalue weighted by molar-refractivity contribution is 7.99. The number of hydrogen-bond donors (Lipinski definition) is 2. The van der Waals surface area contributed by atoms with Crippen molar-refractivity contribution in [2.24, 2.45) is 5.73 Å². The van der Waals surface area contributed by atoms with Gasteiger partial charge in [-0.05, 0) is 29.8 Å². The molecule has 19 heavy (non-hydrogen) atoms. The molecule has 0 bridgehead atoms. The van der Waals surface area contributed by atoms with Crippen molar-refractivity contribution in [1.29, 1.82) is 0 Å². The van der Waals surface area contributed by atoms with Gasteiger partial charge in [0.1, 0.15) is 0 Å². The number of H-pyrrole nitrogens is 1. The summed E-state index contributed by atoms with van der Waals surface area (Å²) in [6, 6.07) is 14.5. The zero-order valence-electron chi connectivity index (χ0n) is 10.4. The lowest BCUT2D eigenvalue weighted by molar-refractivity contribution is 0.933. The van der Waals surface area contributed by atoms with Crippen LogP contribution >= 0.6 is 11.8 Å². The molecule has 0 aliphatic carbocycles. The predicted molar refractivity (Wildman–Crippen MR) is 80.2 cm³/mol. The third-order valence-corrected chi connectivity index (χ3v) is 4.29. The van der Waals surface area contributed by atoms with E-state index in [4.69, 9.17) is 5.73 Å². The molecule has 0 aliphatic rings. The van der Waals surface area contributed by atoms with Crippen LogP contribution in [0, 0.1) is 0 Å². The van der Waals surface area contributed by atoms with Crippen molar-refractivity contribution < 1.29 is 0 Å². The molecule has 0 saturated heterocycles. The average molecular weight is 269 g/mol. The Balaban J connectivity index is 1.86. The first kappa shape index (κ1) is 12.3. The van der Waals surface area contributed by atoms with Crippen molar-refractivity contribution in [2.75, 3.05) is 6.54 Å². The third kappa shape index (κ3) is 2.64. The van der Waals surface area contributed by atoms with E-state index in [0.717, 1.165) is 10.5 Å². The second-order valence-electron chi connectivity index (χ2n) is 4.34. The number of aromatic nitrogens is 2. The van der Waals surface area contributed by atoms with Gasteiger partial charge in [-0.15, -0.1) is 0 Å². The third-order valence-electron chi connectivity index (χ3n) is 3.07. The van der Waals surface area contributed by atoms with Crippen LogP contribution < -0.4 is 5.73 Å². The van der Waals surface area contributed by atoms with Crippen LogP contribution in [0.4, 0.5) is 0 Å². The molecule has 0 spiro atoms. The summed E-state index contributed by atoms with van der Waals surface area (Å²) < 4.78 is 0. The number of benzene rings is 1. The van der Waals surface area contributed by atoms with Crippen molar-refractivity contribution in [3.8, 4) is 0 Å². The normalized spacial score (nSPS) is 12.7. The van der Waals surface area contributed by atoms with Crippen LogP contribution in [0.3, 0.4) is 0 Å². The smallest absolute Gasteiger partial charge is 0.0738 e. The minimum Gasteiger partial charge on any atom is -0.350 e. The van der Waals surface area contributed by atoms with Crippen molar-refractivity contribution >= 4 is 22.7 Å². The Hall–Kier alpha value is -1.78. The summed E-state index contributed by atoms with van der Waals surface area (Å²) in [6.45, 7) is 0.601. The molecule has 3 aromatic rings. The Kier molecular flexibility index (Phi) is 3.53. The lowest BCUT2D eigenvalue weighted by Crippen LogP contribution is -2.09. The predicted octanol–water partition coefficient (Wildman–Crippen LogP) is 3.36. The Bertz CT molecular complexity index is 630. The molecule has 3 rings (SSSR count). The maximum Gasteiger partial charge on any atom is 0.0738 e. The molecule has 0 fully saturated rings. The molecule has 0 saturated carbocycles. The fourth-order valence-electron chi connectivity index (χ4n) is 2.09. The standard InChI is InChI=1S/C15H15N3S/c16-10-14(11-5-7-17-8-6-11)19-15-9-12-3-1-2-4-13(12)18-15/h1-9,14,18H,10,16H2. The number of rotatable bonds is 4. The molecule has 2 aromatic heterocycles. The molecule has 96 valence electrons. The first-order chi connectivity index (χ1) is 9.36. The average Bonchev–Trinajstić information content (AvgIpc) is 2.88. The van der Waals surface area contributed by atoms with Crippen molar-refractivity contribution in [1.82, 2.24) is 9.97 Å². The maximum absolute atomic E-state index is 5.89. The molecule has 2 heterocycles. The summed E-state index contributed by atoms with van der Waals surface area (Å²) >= 11 is 1.76. The van der Waals surface area contributed by atoms with Gasteiger partial charge in [0.2, 0.25) is 0 Å². The Morgan fingerprint density at radius 2 is 1.95 bits per heavy atom. The number of thioether (sulfide) groups is 1. The first-order valence-corrected chi connectivity index (χ1v) is 7.09. The van der Waals surface area contributed by atoms with E-state index < -0.39 is 0 Å². The number of aromatic amines is 1. The molecule has 1 aromatic carbocycles. The van der Waals surface area contributed by atoms with Crippen LogP contribution in [0.2, 0.25) is 0 Å². The fourth-order valence-corrected chi connectivity index (χ4v) is 3.15. The van der Waals surface area contributed by atoms with Crippen LogP contribution in [0.1, 0.15) is 10.8 Å². The monoisotopic (exact) mass is 269 g/mol. The lowest BCUT2D eigenvalue weighted by Gasteiger charge is -2.13. The highest BCUT2D eigenvalue weighted by atomic mass is 32.2. The van der Waals surface area contributed by atoms with Gasteiger partial charge < -0.3 is 10.7 Å². The van der Waals surface area contributed by atoms with Gasteiger partial charge in [-0.25, -0.2) is 0 Å². The van der Waals surface area contributed by atoms with Crippen molar-refractivity contribution in [2.45, 2.75) is 10.3 Å².